The summed E-state index contributed by atoms with van der Waals surface area (Å²) in [6, 6.07) is 5.20. The number of hydrogen-bond donors (Lipinski definition) is 0. The Bertz CT molecular complexity index is 961. The number of nitriles is 1. The molecule has 1 aliphatic rings. The Hall–Kier alpha value is -2.77. The van der Waals surface area contributed by atoms with Crippen LogP contribution in [0, 0.1) is 17.1 Å². The second-order valence-electron chi connectivity index (χ2n) is 5.51. The molecular weight excluding hydrogens is 363 g/mol. The van der Waals surface area contributed by atoms with Crippen LogP contribution in [0.4, 0.5) is 4.39 Å². The Balaban J connectivity index is 1.80. The fourth-order valence-corrected chi connectivity index (χ4v) is 4.30. The molecule has 1 aromatic carbocycles. The van der Waals surface area contributed by atoms with Crippen molar-refractivity contribution < 1.29 is 22.3 Å². The molecule has 0 radical (unpaired) electrons. The molecule has 8 nitrogen and oxygen atoms in total. The van der Waals surface area contributed by atoms with E-state index in [0.29, 0.717) is 6.42 Å². The molecule has 0 amide bonds. The molecule has 1 atom stereocenters. The van der Waals surface area contributed by atoms with Gasteiger partial charge in [-0.15, -0.1) is 0 Å². The van der Waals surface area contributed by atoms with Gasteiger partial charge in [-0.1, -0.05) is 0 Å². The first kappa shape index (κ1) is 18.0. The van der Waals surface area contributed by atoms with E-state index < -0.39 is 21.9 Å². The van der Waals surface area contributed by atoms with Crippen molar-refractivity contribution in [2.75, 3.05) is 20.2 Å². The van der Waals surface area contributed by atoms with E-state index in [1.165, 1.54) is 29.9 Å². The number of aromatic nitrogens is 2. The van der Waals surface area contributed by atoms with Crippen LogP contribution in [0.2, 0.25) is 0 Å². The average Bonchev–Trinajstić information content (AvgIpc) is 3.11. The van der Waals surface area contributed by atoms with Gasteiger partial charge in [0.25, 0.3) is 5.88 Å². The Labute approximate surface area is 149 Å². The standard InChI is InChI=1S/C16H15FN4O4S/c1-24-14-3-2-11(17)8-15(14)26(22,23)21-7-4-12(10-21)25-16-13(9-18)19-5-6-20-16/h2-3,5-6,8,12H,4,7,10H2,1H3. The van der Waals surface area contributed by atoms with Gasteiger partial charge in [-0.05, 0) is 24.6 Å². The molecule has 3 rings (SSSR count). The van der Waals surface area contributed by atoms with E-state index in [1.54, 1.807) is 0 Å². The lowest BCUT2D eigenvalue weighted by Gasteiger charge is -2.18. The predicted molar refractivity (Wildman–Crippen MR) is 87.5 cm³/mol. The van der Waals surface area contributed by atoms with E-state index in [4.69, 9.17) is 14.7 Å². The summed E-state index contributed by atoms with van der Waals surface area (Å²) in [5.74, 6) is -0.548. The van der Waals surface area contributed by atoms with Gasteiger partial charge in [-0.25, -0.2) is 22.8 Å². The molecular formula is C16H15FN4O4S. The van der Waals surface area contributed by atoms with Crippen molar-refractivity contribution in [3.8, 4) is 17.7 Å². The number of nitrogens with zero attached hydrogens (tertiary/aromatic N) is 4. The van der Waals surface area contributed by atoms with E-state index in [0.717, 1.165) is 12.1 Å². The summed E-state index contributed by atoms with van der Waals surface area (Å²) >= 11 is 0. The van der Waals surface area contributed by atoms with Crippen molar-refractivity contribution in [3.63, 3.8) is 0 Å². The topological polar surface area (TPSA) is 105 Å². The summed E-state index contributed by atoms with van der Waals surface area (Å²) < 4.78 is 51.1. The molecule has 2 heterocycles. The molecule has 136 valence electrons. The van der Waals surface area contributed by atoms with E-state index in [9.17, 15) is 12.8 Å². The minimum Gasteiger partial charge on any atom is -0.495 e. The summed E-state index contributed by atoms with van der Waals surface area (Å²) in [7, 11) is -2.64. The van der Waals surface area contributed by atoms with Crippen molar-refractivity contribution in [2.45, 2.75) is 17.4 Å². The van der Waals surface area contributed by atoms with Gasteiger partial charge in [0.05, 0.1) is 13.7 Å². The molecule has 2 aromatic rings. The third kappa shape index (κ3) is 3.44. The Morgan fingerprint density at radius 2 is 2.12 bits per heavy atom. The van der Waals surface area contributed by atoms with Crippen LogP contribution in [0.1, 0.15) is 12.1 Å². The van der Waals surface area contributed by atoms with Crippen LogP contribution < -0.4 is 9.47 Å². The normalized spacial score (nSPS) is 17.7. The summed E-state index contributed by atoms with van der Waals surface area (Å²) in [6.45, 7) is 0.234. The first-order chi connectivity index (χ1) is 12.5. The monoisotopic (exact) mass is 378 g/mol. The van der Waals surface area contributed by atoms with Crippen LogP contribution in [-0.4, -0.2) is 49.0 Å². The van der Waals surface area contributed by atoms with Crippen molar-refractivity contribution in [2.24, 2.45) is 0 Å². The summed E-state index contributed by atoms with van der Waals surface area (Å²) in [5, 5.41) is 9.02. The molecule has 0 spiro atoms. The molecule has 1 fully saturated rings. The zero-order chi connectivity index (χ0) is 18.7. The Morgan fingerprint density at radius 1 is 1.35 bits per heavy atom. The highest BCUT2D eigenvalue weighted by atomic mass is 32.2. The van der Waals surface area contributed by atoms with Crippen LogP contribution in [0.25, 0.3) is 0 Å². The zero-order valence-corrected chi connectivity index (χ0v) is 14.6. The molecule has 1 aliphatic heterocycles. The molecule has 0 aliphatic carbocycles. The van der Waals surface area contributed by atoms with Crippen molar-refractivity contribution in [1.82, 2.24) is 14.3 Å². The lowest BCUT2D eigenvalue weighted by atomic mass is 10.3. The van der Waals surface area contributed by atoms with E-state index in [-0.39, 0.29) is 35.3 Å². The van der Waals surface area contributed by atoms with E-state index >= 15 is 0 Å². The molecule has 0 bridgehead atoms. The lowest BCUT2D eigenvalue weighted by Crippen LogP contribution is -2.31. The second-order valence-corrected chi connectivity index (χ2v) is 7.42. The number of rotatable bonds is 5. The number of halogens is 1. The summed E-state index contributed by atoms with van der Waals surface area (Å²) in [5.41, 5.74) is 0.0283. The van der Waals surface area contributed by atoms with Crippen LogP contribution in [0.15, 0.2) is 35.5 Å². The zero-order valence-electron chi connectivity index (χ0n) is 13.8. The van der Waals surface area contributed by atoms with Gasteiger partial charge < -0.3 is 9.47 Å². The van der Waals surface area contributed by atoms with Crippen LogP contribution in [0.3, 0.4) is 0 Å². The molecule has 1 unspecified atom stereocenters. The van der Waals surface area contributed by atoms with Gasteiger partial charge in [-0.2, -0.15) is 9.57 Å². The molecule has 0 N–H and O–H groups in total. The minimum atomic E-state index is -3.96. The number of hydrogen-bond acceptors (Lipinski definition) is 7. The fourth-order valence-electron chi connectivity index (χ4n) is 2.65. The van der Waals surface area contributed by atoms with Gasteiger partial charge in [-0.3, -0.25) is 0 Å². The lowest BCUT2D eigenvalue weighted by molar-refractivity contribution is 0.205. The number of sulfonamides is 1. The van der Waals surface area contributed by atoms with Crippen LogP contribution in [-0.2, 0) is 10.0 Å². The van der Waals surface area contributed by atoms with Crippen molar-refractivity contribution in [1.29, 1.82) is 5.26 Å². The van der Waals surface area contributed by atoms with Gasteiger partial charge in [0.2, 0.25) is 15.7 Å². The number of benzene rings is 1. The minimum absolute atomic E-state index is 0.0283. The molecule has 10 heteroatoms. The van der Waals surface area contributed by atoms with Gasteiger partial charge in [0, 0.05) is 18.9 Å². The van der Waals surface area contributed by atoms with E-state index in [1.807, 2.05) is 6.07 Å². The first-order valence-corrected chi connectivity index (χ1v) is 9.11. The maximum absolute atomic E-state index is 13.5. The highest BCUT2D eigenvalue weighted by Gasteiger charge is 2.36. The Kier molecular flexibility index (Phi) is 5.01. The molecule has 26 heavy (non-hydrogen) atoms. The second kappa shape index (κ2) is 7.23. The molecule has 0 saturated carbocycles. The van der Waals surface area contributed by atoms with Crippen molar-refractivity contribution in [3.05, 3.63) is 42.1 Å². The largest absolute Gasteiger partial charge is 0.495 e. The third-order valence-electron chi connectivity index (χ3n) is 3.90. The van der Waals surface area contributed by atoms with Gasteiger partial charge in [0.1, 0.15) is 28.6 Å². The SMILES string of the molecule is COc1ccc(F)cc1S(=O)(=O)N1CCC(Oc2nccnc2C#N)C1. The smallest absolute Gasteiger partial charge is 0.251 e. The average molecular weight is 378 g/mol. The van der Waals surface area contributed by atoms with Gasteiger partial charge in [0.15, 0.2) is 0 Å². The highest BCUT2D eigenvalue weighted by molar-refractivity contribution is 7.89. The summed E-state index contributed by atoms with van der Waals surface area (Å²) in [6.07, 6.45) is 2.66. The highest BCUT2D eigenvalue weighted by Crippen LogP contribution is 2.30. The maximum atomic E-state index is 13.5. The maximum Gasteiger partial charge on any atom is 0.251 e. The third-order valence-corrected chi connectivity index (χ3v) is 5.79. The van der Waals surface area contributed by atoms with Gasteiger partial charge >= 0.3 is 0 Å². The first-order valence-electron chi connectivity index (χ1n) is 7.67. The number of ether oxygens (including phenoxy) is 2. The summed E-state index contributed by atoms with van der Waals surface area (Å²) in [4.78, 5) is 7.56. The number of methoxy groups -OCH3 is 1. The molecule has 1 aromatic heterocycles. The molecule has 1 saturated heterocycles. The quantitative estimate of drug-likeness (QED) is 0.773. The Morgan fingerprint density at radius 3 is 2.85 bits per heavy atom. The predicted octanol–water partition coefficient (Wildman–Crippen LogP) is 1.34. The fraction of sp³-hybridized carbons (Fsp3) is 0.312. The van der Waals surface area contributed by atoms with Crippen LogP contribution >= 0.6 is 0 Å². The van der Waals surface area contributed by atoms with Crippen molar-refractivity contribution >= 4 is 10.0 Å². The van der Waals surface area contributed by atoms with Crippen LogP contribution in [0.5, 0.6) is 11.6 Å². The van der Waals surface area contributed by atoms with E-state index in [2.05, 4.69) is 9.97 Å².